The lowest BCUT2D eigenvalue weighted by atomic mass is 10.0. The van der Waals surface area contributed by atoms with E-state index in [-0.39, 0.29) is 23.4 Å². The van der Waals surface area contributed by atoms with E-state index in [0.29, 0.717) is 17.2 Å². The van der Waals surface area contributed by atoms with E-state index in [1.165, 1.54) is 4.57 Å². The summed E-state index contributed by atoms with van der Waals surface area (Å²) in [4.78, 5) is 27.0. The smallest absolute Gasteiger partial charge is 0.280 e. The number of halogens is 1. The minimum Gasteiger partial charge on any atom is -0.470 e. The standard InChI is InChI=1S/C25H27ClN6O2/c1-14(2)23-27-12-16(4)22(29-23)18-8-7-15(3)20(11-18)32-17(5)28-24(21(26)25(32)33)34-13-19-9-10-31(6)30-19/h7-12,14H,13H2,1-6H3. The molecule has 0 N–H and O–H groups in total. The molecular weight excluding hydrogens is 452 g/mol. The maximum atomic E-state index is 13.3. The minimum atomic E-state index is -0.396. The molecule has 4 rings (SSSR count). The van der Waals surface area contributed by atoms with Crippen molar-refractivity contribution >= 4 is 11.6 Å². The van der Waals surface area contributed by atoms with Gasteiger partial charge in [0.15, 0.2) is 5.02 Å². The number of rotatable bonds is 6. The molecule has 9 heteroatoms. The van der Waals surface area contributed by atoms with Gasteiger partial charge in [-0.3, -0.25) is 14.0 Å². The van der Waals surface area contributed by atoms with Crippen molar-refractivity contribution in [3.63, 3.8) is 0 Å². The number of hydrogen-bond donors (Lipinski definition) is 0. The van der Waals surface area contributed by atoms with Crippen LogP contribution in [0, 0.1) is 20.8 Å². The van der Waals surface area contributed by atoms with Gasteiger partial charge in [0, 0.05) is 30.9 Å². The molecule has 0 bridgehead atoms. The number of aryl methyl sites for hydroxylation is 4. The molecule has 1 aromatic carbocycles. The molecule has 0 radical (unpaired) electrons. The summed E-state index contributed by atoms with van der Waals surface area (Å²) in [5.74, 6) is 1.53. The fourth-order valence-electron chi connectivity index (χ4n) is 3.67. The second-order valence-corrected chi connectivity index (χ2v) is 8.98. The van der Waals surface area contributed by atoms with Crippen LogP contribution >= 0.6 is 11.6 Å². The van der Waals surface area contributed by atoms with Crippen molar-refractivity contribution in [2.75, 3.05) is 0 Å². The monoisotopic (exact) mass is 478 g/mol. The number of aromatic nitrogens is 6. The molecule has 3 aromatic heterocycles. The molecule has 3 heterocycles. The first-order valence-corrected chi connectivity index (χ1v) is 11.4. The van der Waals surface area contributed by atoms with Crippen molar-refractivity contribution in [2.24, 2.45) is 7.05 Å². The third-order valence-corrected chi connectivity index (χ3v) is 5.84. The SMILES string of the molecule is Cc1ccc(-c2nc(C(C)C)ncc2C)cc1-n1c(C)nc(OCc2ccn(C)n2)c(Cl)c1=O. The number of benzene rings is 1. The molecule has 0 aliphatic heterocycles. The van der Waals surface area contributed by atoms with E-state index >= 15 is 0 Å². The van der Waals surface area contributed by atoms with Crippen LogP contribution in [0.15, 0.2) is 41.5 Å². The lowest BCUT2D eigenvalue weighted by molar-refractivity contribution is 0.286. The Labute approximate surface area is 203 Å². The van der Waals surface area contributed by atoms with Crippen LogP contribution in [-0.4, -0.2) is 29.3 Å². The van der Waals surface area contributed by atoms with Gasteiger partial charge in [-0.05, 0) is 44.0 Å². The molecule has 34 heavy (non-hydrogen) atoms. The summed E-state index contributed by atoms with van der Waals surface area (Å²) in [7, 11) is 1.82. The van der Waals surface area contributed by atoms with E-state index in [0.717, 1.165) is 28.2 Å². The zero-order valence-corrected chi connectivity index (χ0v) is 20.9. The Balaban J connectivity index is 1.76. The van der Waals surface area contributed by atoms with E-state index in [4.69, 9.17) is 21.3 Å². The molecule has 0 aliphatic carbocycles. The summed E-state index contributed by atoms with van der Waals surface area (Å²) in [6, 6.07) is 7.73. The lowest BCUT2D eigenvalue weighted by Crippen LogP contribution is -2.24. The third kappa shape index (κ3) is 4.59. The molecule has 8 nitrogen and oxygen atoms in total. The quantitative estimate of drug-likeness (QED) is 0.399. The van der Waals surface area contributed by atoms with E-state index in [1.807, 2.05) is 57.6 Å². The Morgan fingerprint density at radius 2 is 1.85 bits per heavy atom. The first-order chi connectivity index (χ1) is 16.2. The van der Waals surface area contributed by atoms with Gasteiger partial charge in [0.1, 0.15) is 18.3 Å². The van der Waals surface area contributed by atoms with Crippen molar-refractivity contribution in [1.82, 2.24) is 29.3 Å². The van der Waals surface area contributed by atoms with E-state index in [9.17, 15) is 4.79 Å². The lowest BCUT2D eigenvalue weighted by Gasteiger charge is -2.16. The molecule has 0 atom stereocenters. The van der Waals surface area contributed by atoms with Gasteiger partial charge >= 0.3 is 0 Å². The molecule has 0 saturated heterocycles. The maximum Gasteiger partial charge on any atom is 0.280 e. The van der Waals surface area contributed by atoms with Gasteiger partial charge < -0.3 is 4.74 Å². The van der Waals surface area contributed by atoms with Crippen LogP contribution in [-0.2, 0) is 13.7 Å². The number of ether oxygens (including phenoxy) is 1. The van der Waals surface area contributed by atoms with Gasteiger partial charge in [-0.1, -0.05) is 37.6 Å². The molecule has 0 unspecified atom stereocenters. The highest BCUT2D eigenvalue weighted by molar-refractivity contribution is 6.31. The fourth-order valence-corrected chi connectivity index (χ4v) is 3.85. The molecule has 0 saturated carbocycles. The van der Waals surface area contributed by atoms with E-state index < -0.39 is 5.56 Å². The zero-order chi connectivity index (χ0) is 24.6. The summed E-state index contributed by atoms with van der Waals surface area (Å²) in [6.07, 6.45) is 3.65. The second kappa shape index (κ2) is 9.38. The van der Waals surface area contributed by atoms with E-state index in [1.54, 1.807) is 11.6 Å². The summed E-state index contributed by atoms with van der Waals surface area (Å²) in [5.41, 5.74) is 4.59. The third-order valence-electron chi connectivity index (χ3n) is 5.52. The van der Waals surface area contributed by atoms with Crippen LogP contribution < -0.4 is 10.3 Å². The Morgan fingerprint density at radius 1 is 1.09 bits per heavy atom. The highest BCUT2D eigenvalue weighted by Gasteiger charge is 2.18. The molecule has 0 spiro atoms. The number of hydrogen-bond acceptors (Lipinski definition) is 6. The molecule has 4 aromatic rings. The Kier molecular flexibility index (Phi) is 6.52. The summed E-state index contributed by atoms with van der Waals surface area (Å²) < 4.78 is 8.90. The molecule has 0 amide bonds. The predicted octanol–water partition coefficient (Wildman–Crippen LogP) is 4.70. The van der Waals surface area contributed by atoms with Crippen LogP contribution in [0.1, 0.15) is 48.2 Å². The fraction of sp³-hybridized carbons (Fsp3) is 0.320. The van der Waals surface area contributed by atoms with Crippen molar-refractivity contribution < 1.29 is 4.74 Å². The normalized spacial score (nSPS) is 11.3. The predicted molar refractivity (Wildman–Crippen MR) is 132 cm³/mol. The van der Waals surface area contributed by atoms with Crippen LogP contribution in [0.3, 0.4) is 0 Å². The second-order valence-electron chi connectivity index (χ2n) is 8.60. The molecule has 0 aliphatic rings. The molecular formula is C25H27ClN6O2. The highest BCUT2D eigenvalue weighted by Crippen LogP contribution is 2.28. The summed E-state index contributed by atoms with van der Waals surface area (Å²) in [5, 5.41) is 4.19. The largest absolute Gasteiger partial charge is 0.470 e. The van der Waals surface area contributed by atoms with Crippen LogP contribution in [0.5, 0.6) is 5.88 Å². The Hall–Kier alpha value is -3.52. The zero-order valence-electron chi connectivity index (χ0n) is 20.1. The molecule has 176 valence electrons. The molecule has 0 fully saturated rings. The van der Waals surface area contributed by atoms with Gasteiger partial charge in [0.25, 0.3) is 5.56 Å². The van der Waals surface area contributed by atoms with Gasteiger partial charge in [0.05, 0.1) is 17.1 Å². The van der Waals surface area contributed by atoms with Crippen molar-refractivity contribution in [3.8, 4) is 22.8 Å². The maximum absolute atomic E-state index is 13.3. The van der Waals surface area contributed by atoms with Crippen LogP contribution in [0.4, 0.5) is 0 Å². The van der Waals surface area contributed by atoms with Gasteiger partial charge in [-0.2, -0.15) is 10.1 Å². The van der Waals surface area contributed by atoms with Crippen LogP contribution in [0.2, 0.25) is 5.02 Å². The Bertz CT molecular complexity index is 1420. The van der Waals surface area contributed by atoms with E-state index in [2.05, 4.69) is 28.9 Å². The van der Waals surface area contributed by atoms with Crippen molar-refractivity contribution in [2.45, 2.75) is 47.1 Å². The van der Waals surface area contributed by atoms with Gasteiger partial charge in [-0.15, -0.1) is 0 Å². The van der Waals surface area contributed by atoms with Crippen LogP contribution in [0.25, 0.3) is 16.9 Å². The summed E-state index contributed by atoms with van der Waals surface area (Å²) in [6.45, 7) is 9.95. The average molecular weight is 479 g/mol. The van der Waals surface area contributed by atoms with Crippen molar-refractivity contribution in [1.29, 1.82) is 0 Å². The Morgan fingerprint density at radius 3 is 2.53 bits per heavy atom. The topological polar surface area (TPSA) is 87.7 Å². The van der Waals surface area contributed by atoms with Gasteiger partial charge in [0.2, 0.25) is 5.88 Å². The summed E-state index contributed by atoms with van der Waals surface area (Å²) >= 11 is 6.41. The minimum absolute atomic E-state index is 0.0772. The van der Waals surface area contributed by atoms with Gasteiger partial charge in [-0.25, -0.2) is 9.97 Å². The first kappa shape index (κ1) is 23.6. The average Bonchev–Trinajstić information content (AvgIpc) is 3.22. The number of nitrogens with zero attached hydrogens (tertiary/aromatic N) is 6. The first-order valence-electron chi connectivity index (χ1n) is 11.0. The van der Waals surface area contributed by atoms with Crippen molar-refractivity contribution in [3.05, 3.63) is 80.5 Å². The highest BCUT2D eigenvalue weighted by atomic mass is 35.5.